The van der Waals surface area contributed by atoms with Crippen LogP contribution in [0.1, 0.15) is 49.8 Å². The van der Waals surface area contributed by atoms with E-state index in [-0.39, 0.29) is 11.6 Å². The molecule has 0 aromatic heterocycles. The summed E-state index contributed by atoms with van der Waals surface area (Å²) in [7, 11) is 1.73. The Morgan fingerprint density at radius 1 is 1.29 bits per heavy atom. The maximum Gasteiger partial charge on any atom is 0.124 e. The highest BCUT2D eigenvalue weighted by Crippen LogP contribution is 2.38. The highest BCUT2D eigenvalue weighted by atomic mass is 16.5. The first-order chi connectivity index (χ1) is 10.1. The third-order valence-corrected chi connectivity index (χ3v) is 5.19. The smallest absolute Gasteiger partial charge is 0.124 e. The highest BCUT2D eigenvalue weighted by Gasteiger charge is 2.39. The number of methoxy groups -OCH3 is 1. The van der Waals surface area contributed by atoms with E-state index in [9.17, 15) is 0 Å². The standard InChI is InChI=1S/C18H27NO2/c1-13-6-8-18(9-7-13)12-21-17(11-19-18)15-10-14(2)4-5-16(15)20-3/h4-5,10,13,17,19H,6-9,11-12H2,1-3H3. The van der Waals surface area contributed by atoms with Crippen LogP contribution in [-0.2, 0) is 4.74 Å². The van der Waals surface area contributed by atoms with Crippen LogP contribution in [0.4, 0.5) is 0 Å². The van der Waals surface area contributed by atoms with Gasteiger partial charge in [-0.2, -0.15) is 0 Å². The Bertz CT molecular complexity index is 482. The number of hydrogen-bond donors (Lipinski definition) is 1. The summed E-state index contributed by atoms with van der Waals surface area (Å²) in [5.41, 5.74) is 2.64. The Morgan fingerprint density at radius 3 is 2.67 bits per heavy atom. The van der Waals surface area contributed by atoms with Crippen molar-refractivity contribution >= 4 is 0 Å². The van der Waals surface area contributed by atoms with E-state index in [0.717, 1.165) is 24.8 Å². The molecule has 21 heavy (non-hydrogen) atoms. The second-order valence-corrected chi connectivity index (χ2v) is 6.89. The molecule has 1 heterocycles. The van der Waals surface area contributed by atoms with Crippen LogP contribution in [0.3, 0.4) is 0 Å². The molecular weight excluding hydrogens is 262 g/mol. The molecule has 2 aliphatic rings. The van der Waals surface area contributed by atoms with Crippen molar-refractivity contribution in [3.63, 3.8) is 0 Å². The molecule has 0 bridgehead atoms. The molecule has 1 N–H and O–H groups in total. The van der Waals surface area contributed by atoms with E-state index in [4.69, 9.17) is 9.47 Å². The van der Waals surface area contributed by atoms with Crippen LogP contribution < -0.4 is 10.1 Å². The van der Waals surface area contributed by atoms with Gasteiger partial charge in [0.2, 0.25) is 0 Å². The van der Waals surface area contributed by atoms with Gasteiger partial charge < -0.3 is 14.8 Å². The molecule has 1 saturated heterocycles. The molecule has 1 aliphatic carbocycles. The summed E-state index contributed by atoms with van der Waals surface area (Å²) < 4.78 is 11.7. The second-order valence-electron chi connectivity index (χ2n) is 6.89. The number of morpholine rings is 1. The van der Waals surface area contributed by atoms with Gasteiger partial charge in [0, 0.05) is 17.6 Å². The first-order valence-corrected chi connectivity index (χ1v) is 8.13. The van der Waals surface area contributed by atoms with Crippen LogP contribution in [0.25, 0.3) is 0 Å². The zero-order valence-corrected chi connectivity index (χ0v) is 13.4. The summed E-state index contributed by atoms with van der Waals surface area (Å²) in [6.07, 6.45) is 5.21. The number of nitrogens with one attached hydrogen (secondary N) is 1. The minimum atomic E-state index is 0.102. The van der Waals surface area contributed by atoms with Crippen molar-refractivity contribution in [1.29, 1.82) is 0 Å². The van der Waals surface area contributed by atoms with Crippen LogP contribution in [0, 0.1) is 12.8 Å². The van der Waals surface area contributed by atoms with E-state index < -0.39 is 0 Å². The van der Waals surface area contributed by atoms with Gasteiger partial charge in [-0.3, -0.25) is 0 Å². The summed E-state index contributed by atoms with van der Waals surface area (Å²) in [4.78, 5) is 0. The minimum Gasteiger partial charge on any atom is -0.496 e. The molecule has 1 spiro atoms. The number of benzene rings is 1. The Labute approximate surface area is 128 Å². The van der Waals surface area contributed by atoms with Gasteiger partial charge >= 0.3 is 0 Å². The molecular formula is C18H27NO2. The van der Waals surface area contributed by atoms with Crippen molar-refractivity contribution < 1.29 is 9.47 Å². The number of ether oxygens (including phenoxy) is 2. The predicted molar refractivity (Wildman–Crippen MR) is 84.8 cm³/mol. The van der Waals surface area contributed by atoms with Gasteiger partial charge in [0.05, 0.1) is 19.8 Å². The molecule has 3 heteroatoms. The zero-order chi connectivity index (χ0) is 14.9. The highest BCUT2D eigenvalue weighted by molar-refractivity contribution is 5.39. The predicted octanol–water partition coefficient (Wildman–Crippen LogP) is 3.61. The second kappa shape index (κ2) is 5.98. The fourth-order valence-corrected chi connectivity index (χ4v) is 3.62. The average molecular weight is 289 g/mol. The van der Waals surface area contributed by atoms with Crippen molar-refractivity contribution in [2.24, 2.45) is 5.92 Å². The zero-order valence-electron chi connectivity index (χ0n) is 13.4. The number of aryl methyl sites for hydroxylation is 1. The summed E-state index contributed by atoms with van der Waals surface area (Å²) >= 11 is 0. The Kier molecular flexibility index (Phi) is 4.23. The lowest BCUT2D eigenvalue weighted by Gasteiger charge is -2.45. The molecule has 3 rings (SSSR count). The summed E-state index contributed by atoms with van der Waals surface area (Å²) in [6, 6.07) is 6.31. The van der Waals surface area contributed by atoms with Crippen LogP contribution in [0.2, 0.25) is 0 Å². The number of hydrogen-bond acceptors (Lipinski definition) is 3. The Morgan fingerprint density at radius 2 is 2.05 bits per heavy atom. The van der Waals surface area contributed by atoms with E-state index in [1.54, 1.807) is 7.11 Å². The van der Waals surface area contributed by atoms with Crippen molar-refractivity contribution in [3.05, 3.63) is 29.3 Å². The summed E-state index contributed by atoms with van der Waals surface area (Å²) in [5, 5.41) is 3.79. The van der Waals surface area contributed by atoms with E-state index in [0.29, 0.717) is 0 Å². The van der Waals surface area contributed by atoms with Crippen LogP contribution in [0.5, 0.6) is 5.75 Å². The van der Waals surface area contributed by atoms with Crippen molar-refractivity contribution in [1.82, 2.24) is 5.32 Å². The van der Waals surface area contributed by atoms with Gasteiger partial charge in [-0.05, 0) is 50.7 Å². The van der Waals surface area contributed by atoms with Gasteiger partial charge in [0.1, 0.15) is 5.75 Å². The van der Waals surface area contributed by atoms with E-state index in [1.807, 2.05) is 6.07 Å². The fraction of sp³-hybridized carbons (Fsp3) is 0.667. The molecule has 3 nitrogen and oxygen atoms in total. The van der Waals surface area contributed by atoms with Crippen molar-refractivity contribution in [2.75, 3.05) is 20.3 Å². The number of rotatable bonds is 2. The molecule has 1 saturated carbocycles. The lowest BCUT2D eigenvalue weighted by Crippen LogP contribution is -2.56. The molecule has 0 radical (unpaired) electrons. The monoisotopic (exact) mass is 289 g/mol. The first-order valence-electron chi connectivity index (χ1n) is 8.13. The van der Waals surface area contributed by atoms with Gasteiger partial charge in [-0.1, -0.05) is 18.6 Å². The van der Waals surface area contributed by atoms with Crippen molar-refractivity contribution in [2.45, 2.75) is 51.2 Å². The van der Waals surface area contributed by atoms with E-state index in [1.165, 1.54) is 36.8 Å². The molecule has 1 atom stereocenters. The quantitative estimate of drug-likeness (QED) is 0.902. The molecule has 1 aliphatic heterocycles. The fourth-order valence-electron chi connectivity index (χ4n) is 3.62. The lowest BCUT2D eigenvalue weighted by atomic mass is 9.77. The third-order valence-electron chi connectivity index (χ3n) is 5.19. The van der Waals surface area contributed by atoms with Crippen LogP contribution in [0.15, 0.2) is 18.2 Å². The average Bonchev–Trinajstić information content (AvgIpc) is 2.51. The van der Waals surface area contributed by atoms with Crippen LogP contribution in [-0.4, -0.2) is 25.8 Å². The van der Waals surface area contributed by atoms with Gasteiger partial charge in [-0.25, -0.2) is 0 Å². The Hall–Kier alpha value is -1.06. The third kappa shape index (κ3) is 3.09. The van der Waals surface area contributed by atoms with Gasteiger partial charge in [0.25, 0.3) is 0 Å². The maximum absolute atomic E-state index is 6.25. The largest absolute Gasteiger partial charge is 0.496 e. The maximum atomic E-state index is 6.25. The van der Waals surface area contributed by atoms with E-state index in [2.05, 4.69) is 31.3 Å². The van der Waals surface area contributed by atoms with Crippen LogP contribution >= 0.6 is 0 Å². The van der Waals surface area contributed by atoms with E-state index >= 15 is 0 Å². The molecule has 1 aromatic carbocycles. The van der Waals surface area contributed by atoms with Gasteiger partial charge in [0.15, 0.2) is 0 Å². The van der Waals surface area contributed by atoms with Gasteiger partial charge in [-0.15, -0.1) is 0 Å². The summed E-state index contributed by atoms with van der Waals surface area (Å²) in [6.45, 7) is 6.18. The van der Waals surface area contributed by atoms with Crippen molar-refractivity contribution in [3.8, 4) is 5.75 Å². The lowest BCUT2D eigenvalue weighted by molar-refractivity contribution is -0.0511. The molecule has 116 valence electrons. The normalized spacial score (nSPS) is 33.1. The summed E-state index contributed by atoms with van der Waals surface area (Å²) in [5.74, 6) is 1.80. The topological polar surface area (TPSA) is 30.5 Å². The first kappa shape index (κ1) is 14.9. The molecule has 1 aromatic rings. The SMILES string of the molecule is COc1ccc(C)cc1C1CNC2(CCC(C)CC2)CO1. The molecule has 2 fully saturated rings. The minimum absolute atomic E-state index is 0.102. The Balaban J connectivity index is 1.70. The molecule has 0 amide bonds. The molecule has 1 unspecified atom stereocenters.